The van der Waals surface area contributed by atoms with Gasteiger partial charge in [-0.25, -0.2) is 0 Å². The van der Waals surface area contributed by atoms with Crippen molar-refractivity contribution in [3.05, 3.63) is 47.3 Å². The van der Waals surface area contributed by atoms with Crippen molar-refractivity contribution >= 4 is 6.21 Å². The van der Waals surface area contributed by atoms with Crippen LogP contribution in [0.5, 0.6) is 0 Å². The molecule has 0 bridgehead atoms. The van der Waals surface area contributed by atoms with Crippen LogP contribution < -0.4 is 5.73 Å². The molecule has 0 aliphatic rings. The summed E-state index contributed by atoms with van der Waals surface area (Å²) in [7, 11) is 0. The third-order valence-corrected chi connectivity index (χ3v) is 2.17. The molecule has 0 unspecified atom stereocenters. The van der Waals surface area contributed by atoms with Crippen LogP contribution in [0.4, 0.5) is 0 Å². The van der Waals surface area contributed by atoms with Gasteiger partial charge in [-0.1, -0.05) is 24.8 Å². The normalized spacial score (nSPS) is 14.0. The van der Waals surface area contributed by atoms with Crippen molar-refractivity contribution in [1.82, 2.24) is 0 Å². The first-order valence-corrected chi connectivity index (χ1v) is 4.92. The highest BCUT2D eigenvalue weighted by Crippen LogP contribution is 2.22. The van der Waals surface area contributed by atoms with Gasteiger partial charge in [0.15, 0.2) is 0 Å². The highest BCUT2D eigenvalue weighted by Gasteiger charge is 2.07. The predicted octanol–water partition coefficient (Wildman–Crippen LogP) is 3.35. The third kappa shape index (κ3) is 3.58. The Balaban J connectivity index is 5.47. The van der Waals surface area contributed by atoms with Crippen molar-refractivity contribution < 1.29 is 0 Å². The lowest BCUT2D eigenvalue weighted by Gasteiger charge is -2.10. The van der Waals surface area contributed by atoms with Crippen LogP contribution >= 0.6 is 0 Å². The fraction of sp³-hybridized carbons (Fsp3) is 0.308. The van der Waals surface area contributed by atoms with E-state index in [9.17, 15) is 0 Å². The summed E-state index contributed by atoms with van der Waals surface area (Å²) in [5.41, 5.74) is 10.1. The van der Waals surface area contributed by atoms with Crippen LogP contribution in [0.25, 0.3) is 0 Å². The molecular weight excluding hydrogens is 184 g/mol. The first kappa shape index (κ1) is 13.4. The molecule has 82 valence electrons. The molecule has 2 nitrogen and oxygen atoms in total. The minimum atomic E-state index is 0.660. The van der Waals surface area contributed by atoms with E-state index in [0.29, 0.717) is 5.70 Å². The fourth-order valence-electron chi connectivity index (χ4n) is 1.12. The molecular formula is C13H20N2. The molecule has 2 heteroatoms. The van der Waals surface area contributed by atoms with Gasteiger partial charge < -0.3 is 5.73 Å². The number of rotatable bonds is 4. The number of nitrogens with two attached hydrogens (primary N) is 1. The first-order valence-electron chi connectivity index (χ1n) is 4.92. The standard InChI is InChI=1S/C13H20N2/c1-7-12(14)13(15-8-2)11(6)10(5)9(3)4/h7-8H,3,5,14H2,1-2,4,6H3/b12-7+,13-11-,15-8?. The van der Waals surface area contributed by atoms with E-state index in [1.54, 1.807) is 6.21 Å². The van der Waals surface area contributed by atoms with Crippen LogP contribution in [-0.4, -0.2) is 6.21 Å². The van der Waals surface area contributed by atoms with Crippen LogP contribution in [0.1, 0.15) is 27.7 Å². The minimum Gasteiger partial charge on any atom is -0.397 e. The number of nitrogens with zero attached hydrogens (tertiary/aromatic N) is 1. The van der Waals surface area contributed by atoms with E-state index in [1.165, 1.54) is 0 Å². The van der Waals surface area contributed by atoms with Gasteiger partial charge in [0, 0.05) is 6.21 Å². The summed E-state index contributed by atoms with van der Waals surface area (Å²) in [6, 6.07) is 0. The van der Waals surface area contributed by atoms with Crippen molar-refractivity contribution in [2.75, 3.05) is 0 Å². The van der Waals surface area contributed by atoms with Crippen molar-refractivity contribution in [2.24, 2.45) is 10.7 Å². The van der Waals surface area contributed by atoms with Gasteiger partial charge in [0.2, 0.25) is 0 Å². The largest absolute Gasteiger partial charge is 0.397 e. The molecule has 0 radical (unpaired) electrons. The molecule has 0 atom stereocenters. The second-order valence-electron chi connectivity index (χ2n) is 3.36. The number of allylic oxidation sites excluding steroid dienone is 4. The Morgan fingerprint density at radius 3 is 2.07 bits per heavy atom. The van der Waals surface area contributed by atoms with Gasteiger partial charge >= 0.3 is 0 Å². The Hall–Kier alpha value is -1.57. The van der Waals surface area contributed by atoms with Crippen molar-refractivity contribution in [3.8, 4) is 0 Å². The van der Waals surface area contributed by atoms with Gasteiger partial charge in [-0.3, -0.25) is 4.99 Å². The summed E-state index contributed by atoms with van der Waals surface area (Å²) >= 11 is 0. The zero-order valence-electron chi connectivity index (χ0n) is 10.1. The number of hydrogen-bond acceptors (Lipinski definition) is 2. The zero-order chi connectivity index (χ0) is 12.0. The minimum absolute atomic E-state index is 0.660. The Bertz CT molecular complexity index is 355. The molecule has 0 rings (SSSR count). The lowest BCUT2D eigenvalue weighted by molar-refractivity contribution is 1.16. The monoisotopic (exact) mass is 204 g/mol. The SMILES string of the molecule is C=C(C)C(=C)/C(C)=C(N=CC)/C(N)=C\C. The molecule has 0 spiro atoms. The Kier molecular flexibility index (Phi) is 5.39. The maximum absolute atomic E-state index is 5.86. The molecule has 0 amide bonds. The Labute approximate surface area is 92.6 Å². The molecule has 0 aromatic carbocycles. The topological polar surface area (TPSA) is 38.4 Å². The van der Waals surface area contributed by atoms with Gasteiger partial charge in [-0.15, -0.1) is 0 Å². The Morgan fingerprint density at radius 1 is 1.20 bits per heavy atom. The summed E-state index contributed by atoms with van der Waals surface area (Å²) in [5, 5.41) is 0. The van der Waals surface area contributed by atoms with E-state index < -0.39 is 0 Å². The van der Waals surface area contributed by atoms with Crippen molar-refractivity contribution in [1.29, 1.82) is 0 Å². The molecule has 0 aromatic rings. The highest BCUT2D eigenvalue weighted by molar-refractivity contribution is 5.59. The molecule has 0 fully saturated rings. The molecule has 0 saturated carbocycles. The fourth-order valence-corrected chi connectivity index (χ4v) is 1.12. The van der Waals surface area contributed by atoms with Crippen molar-refractivity contribution in [2.45, 2.75) is 27.7 Å². The summed E-state index contributed by atoms with van der Waals surface area (Å²) in [5.74, 6) is 0. The van der Waals surface area contributed by atoms with Gasteiger partial charge in [0.05, 0.1) is 11.4 Å². The molecule has 0 heterocycles. The molecule has 0 aliphatic heterocycles. The molecule has 2 N–H and O–H groups in total. The number of aliphatic imine (C=N–C) groups is 1. The van der Waals surface area contributed by atoms with Crippen molar-refractivity contribution in [3.63, 3.8) is 0 Å². The zero-order valence-corrected chi connectivity index (χ0v) is 10.1. The van der Waals surface area contributed by atoms with Gasteiger partial charge in [0.25, 0.3) is 0 Å². The van der Waals surface area contributed by atoms with Crippen LogP contribution in [-0.2, 0) is 0 Å². The lowest BCUT2D eigenvalue weighted by Crippen LogP contribution is -2.03. The quantitative estimate of drug-likeness (QED) is 0.553. The lowest BCUT2D eigenvalue weighted by atomic mass is 10.0. The summed E-state index contributed by atoms with van der Waals surface area (Å²) in [6.07, 6.45) is 3.55. The van der Waals surface area contributed by atoms with Crippen LogP contribution in [0, 0.1) is 0 Å². The van der Waals surface area contributed by atoms with E-state index in [0.717, 1.165) is 22.4 Å². The maximum atomic E-state index is 5.86. The van der Waals surface area contributed by atoms with E-state index >= 15 is 0 Å². The predicted molar refractivity (Wildman–Crippen MR) is 68.8 cm³/mol. The molecule has 0 saturated heterocycles. The average molecular weight is 204 g/mol. The summed E-state index contributed by atoms with van der Waals surface area (Å²) < 4.78 is 0. The summed E-state index contributed by atoms with van der Waals surface area (Å²) in [4.78, 5) is 4.26. The van der Waals surface area contributed by atoms with E-state index in [1.807, 2.05) is 33.8 Å². The third-order valence-electron chi connectivity index (χ3n) is 2.17. The molecule has 0 aliphatic carbocycles. The van der Waals surface area contributed by atoms with Crippen LogP contribution in [0.2, 0.25) is 0 Å². The van der Waals surface area contributed by atoms with Crippen LogP contribution in [0.3, 0.4) is 0 Å². The van der Waals surface area contributed by atoms with E-state index in [2.05, 4.69) is 18.2 Å². The van der Waals surface area contributed by atoms with E-state index in [4.69, 9.17) is 5.73 Å². The average Bonchev–Trinajstić information content (AvgIpc) is 2.22. The summed E-state index contributed by atoms with van der Waals surface area (Å²) in [6.45, 7) is 15.4. The molecule has 15 heavy (non-hydrogen) atoms. The van der Waals surface area contributed by atoms with Crippen LogP contribution in [0.15, 0.2) is 52.3 Å². The smallest absolute Gasteiger partial charge is 0.0886 e. The number of hydrogen-bond donors (Lipinski definition) is 1. The van der Waals surface area contributed by atoms with Gasteiger partial charge in [-0.2, -0.15) is 0 Å². The Morgan fingerprint density at radius 2 is 1.73 bits per heavy atom. The van der Waals surface area contributed by atoms with Gasteiger partial charge in [-0.05, 0) is 38.8 Å². The van der Waals surface area contributed by atoms with Gasteiger partial charge in [0.1, 0.15) is 0 Å². The highest BCUT2D eigenvalue weighted by atomic mass is 14.8. The maximum Gasteiger partial charge on any atom is 0.0886 e. The first-order chi connectivity index (χ1) is 6.95. The van der Waals surface area contributed by atoms with E-state index in [-0.39, 0.29) is 0 Å². The second kappa shape index (κ2) is 6.02. The molecule has 0 aromatic heterocycles. The second-order valence-corrected chi connectivity index (χ2v) is 3.36.